The second-order valence-corrected chi connectivity index (χ2v) is 5.91. The van der Waals surface area contributed by atoms with Gasteiger partial charge in [-0.15, -0.1) is 4.99 Å². The average molecular weight is 385 g/mol. The van der Waals surface area contributed by atoms with Crippen LogP contribution in [0.3, 0.4) is 0 Å². The molecule has 1 atom stereocenters. The Bertz CT molecular complexity index is 641. The number of carbonyl (C=O) groups is 2. The number of imidazole rings is 1. The molecule has 26 heavy (non-hydrogen) atoms. The zero-order valence-electron chi connectivity index (χ0n) is 14.5. The fraction of sp³-hybridized carbons (Fsp3) is 0.500. The molecule has 1 unspecified atom stereocenters. The van der Waals surface area contributed by atoms with E-state index in [4.69, 9.17) is 21.2 Å². The number of aliphatic carboxylic acids is 2. The van der Waals surface area contributed by atoms with Crippen LogP contribution in [0.5, 0.6) is 0 Å². The zero-order valence-corrected chi connectivity index (χ0v) is 15.3. The number of aryl methyl sites for hydroxylation is 1. The van der Waals surface area contributed by atoms with Crippen molar-refractivity contribution in [1.82, 2.24) is 20.6 Å². The molecule has 1 aromatic rings. The number of guanidine groups is 1. The van der Waals surface area contributed by atoms with Crippen molar-refractivity contribution < 1.29 is 19.8 Å². The Hall–Kier alpha value is -2.78. The number of aliphatic imine (C=N–C) groups is 1. The number of hydrogen-bond acceptors (Lipinski definition) is 7. The molecule has 12 heteroatoms. The van der Waals surface area contributed by atoms with Gasteiger partial charge < -0.3 is 31.6 Å². The van der Waals surface area contributed by atoms with Crippen molar-refractivity contribution in [3.63, 3.8) is 0 Å². The summed E-state index contributed by atoms with van der Waals surface area (Å²) in [5.41, 5.74) is 7.05. The van der Waals surface area contributed by atoms with E-state index in [0.29, 0.717) is 5.96 Å². The van der Waals surface area contributed by atoms with Crippen LogP contribution in [0, 0.1) is 18.4 Å². The van der Waals surface area contributed by atoms with E-state index in [1.165, 1.54) is 0 Å². The summed E-state index contributed by atoms with van der Waals surface area (Å²) in [7, 11) is 1.73. The van der Waals surface area contributed by atoms with E-state index in [1.54, 1.807) is 31.3 Å². The van der Waals surface area contributed by atoms with Crippen molar-refractivity contribution in [2.75, 3.05) is 19.3 Å². The fourth-order valence-electron chi connectivity index (χ4n) is 1.45. The van der Waals surface area contributed by atoms with Crippen LogP contribution in [0.15, 0.2) is 11.3 Å². The highest BCUT2D eigenvalue weighted by Crippen LogP contribution is 2.11. The van der Waals surface area contributed by atoms with Crippen molar-refractivity contribution in [1.29, 1.82) is 5.26 Å². The largest absolute Gasteiger partial charge is 0.481 e. The number of aromatic nitrogens is 2. The summed E-state index contributed by atoms with van der Waals surface area (Å²) in [5, 5.41) is 30.3. The normalized spacial score (nSPS) is 11.5. The number of nitrogens with zero attached hydrogens (tertiary/aromatic N) is 3. The summed E-state index contributed by atoms with van der Waals surface area (Å²) in [6.07, 6.45) is 2.91. The van der Waals surface area contributed by atoms with Gasteiger partial charge in [-0.2, -0.15) is 17.0 Å². The van der Waals surface area contributed by atoms with Gasteiger partial charge in [-0.3, -0.25) is 9.59 Å². The third kappa shape index (κ3) is 10.9. The zero-order chi connectivity index (χ0) is 19.9. The minimum absolute atomic E-state index is 0.504. The van der Waals surface area contributed by atoms with E-state index in [-0.39, 0.29) is 0 Å². The Morgan fingerprint density at radius 2 is 2.23 bits per heavy atom. The van der Waals surface area contributed by atoms with Gasteiger partial charge in [0.2, 0.25) is 12.2 Å². The lowest BCUT2D eigenvalue weighted by atomic mass is 10.2. The molecule has 1 aromatic heterocycles. The summed E-state index contributed by atoms with van der Waals surface area (Å²) in [6.45, 7) is 2.77. The molecule has 11 nitrogen and oxygen atoms in total. The average Bonchev–Trinajstić information content (AvgIpc) is 2.98. The number of aromatic amines is 1. The summed E-state index contributed by atoms with van der Waals surface area (Å²) in [5.74, 6) is -0.175. The molecule has 0 aliphatic carbocycles. The van der Waals surface area contributed by atoms with Crippen LogP contribution in [0.2, 0.25) is 0 Å². The third-order valence-electron chi connectivity index (χ3n) is 2.82. The van der Waals surface area contributed by atoms with Crippen LogP contribution in [0.4, 0.5) is 0 Å². The van der Waals surface area contributed by atoms with Crippen LogP contribution in [0.1, 0.15) is 17.8 Å². The van der Waals surface area contributed by atoms with Crippen LogP contribution < -0.4 is 16.4 Å². The topological polar surface area (TPSA) is 190 Å². The fourth-order valence-corrected chi connectivity index (χ4v) is 2.33. The predicted octanol–water partition coefficient (Wildman–Crippen LogP) is -0.530. The lowest BCUT2D eigenvalue weighted by Crippen LogP contribution is -2.35. The number of carboxylic acids is 2. The number of thioether (sulfide) groups is 1. The Morgan fingerprint density at radius 3 is 2.65 bits per heavy atom. The molecule has 0 saturated carbocycles. The molecule has 0 aliphatic rings. The van der Waals surface area contributed by atoms with Gasteiger partial charge in [-0.05, 0) is 6.92 Å². The van der Waals surface area contributed by atoms with E-state index in [0.717, 1.165) is 29.4 Å². The first-order valence-corrected chi connectivity index (χ1v) is 8.62. The van der Waals surface area contributed by atoms with Gasteiger partial charge in [0.15, 0.2) is 0 Å². The lowest BCUT2D eigenvalue weighted by molar-refractivity contribution is -0.144. The lowest BCUT2D eigenvalue weighted by Gasteiger charge is -2.06. The smallest absolute Gasteiger partial charge is 0.321 e. The molecule has 0 aliphatic heterocycles. The van der Waals surface area contributed by atoms with Crippen LogP contribution in [-0.4, -0.2) is 63.5 Å². The Morgan fingerprint density at radius 1 is 1.54 bits per heavy atom. The van der Waals surface area contributed by atoms with Crippen LogP contribution in [0.25, 0.3) is 0 Å². The van der Waals surface area contributed by atoms with Gasteiger partial charge >= 0.3 is 11.9 Å². The van der Waals surface area contributed by atoms with Crippen molar-refractivity contribution >= 4 is 29.7 Å². The number of H-pyrrole nitrogens is 1. The van der Waals surface area contributed by atoms with E-state index >= 15 is 0 Å². The van der Waals surface area contributed by atoms with E-state index in [9.17, 15) is 9.59 Å². The summed E-state index contributed by atoms with van der Waals surface area (Å²) in [6, 6.07) is -1.29. The quantitative estimate of drug-likeness (QED) is 0.147. The highest BCUT2D eigenvalue weighted by molar-refractivity contribution is 7.98. The highest BCUT2D eigenvalue weighted by atomic mass is 32.2. The molecule has 0 aromatic carbocycles. The number of nitriles is 1. The molecule has 144 valence electrons. The first-order chi connectivity index (χ1) is 12.3. The van der Waals surface area contributed by atoms with E-state index < -0.39 is 24.4 Å². The SMILES string of the molecule is CN/C(=N/C#N)NCCSCc1nc[nH]c1C.NC(CC(=O)O)C(=O)O. The minimum Gasteiger partial charge on any atom is -0.481 e. The number of carboxylic acid groups (broad SMARTS) is 2. The number of rotatable bonds is 8. The second kappa shape index (κ2) is 13.5. The summed E-state index contributed by atoms with van der Waals surface area (Å²) in [4.78, 5) is 30.5. The molecule has 0 bridgehead atoms. The van der Waals surface area contributed by atoms with Crippen molar-refractivity contribution in [3.05, 3.63) is 17.7 Å². The molecular weight excluding hydrogens is 362 g/mol. The molecular formula is C14H23N7O4S. The molecule has 1 heterocycles. The monoisotopic (exact) mass is 385 g/mol. The van der Waals surface area contributed by atoms with Crippen LogP contribution in [-0.2, 0) is 15.3 Å². The van der Waals surface area contributed by atoms with Gasteiger partial charge in [0.05, 0.1) is 18.4 Å². The predicted molar refractivity (Wildman–Crippen MR) is 97.5 cm³/mol. The standard InChI is InChI=1S/C10H16N6S.C4H7NO4/c1-8-9(16-7-15-8)5-17-4-3-13-10(12-2)14-6-11;5-2(4(8)9)1-3(6)7/h7H,3-5H2,1-2H3,(H,15,16)(H2,12,13,14);2H,1,5H2,(H,6,7)(H,8,9). The number of hydrogen-bond donors (Lipinski definition) is 6. The number of nitrogens with one attached hydrogen (secondary N) is 3. The molecule has 0 fully saturated rings. The van der Waals surface area contributed by atoms with Crippen molar-refractivity contribution in [2.24, 2.45) is 10.7 Å². The summed E-state index contributed by atoms with van der Waals surface area (Å²) < 4.78 is 0. The maximum absolute atomic E-state index is 9.85. The van der Waals surface area contributed by atoms with Crippen molar-refractivity contribution in [2.45, 2.75) is 25.1 Å². The molecule has 0 amide bonds. The Labute approximate surface area is 155 Å². The maximum Gasteiger partial charge on any atom is 0.321 e. The Balaban J connectivity index is 0.000000590. The molecule has 0 saturated heterocycles. The van der Waals surface area contributed by atoms with Gasteiger partial charge in [0.1, 0.15) is 6.04 Å². The first kappa shape index (κ1) is 23.2. The van der Waals surface area contributed by atoms with Gasteiger partial charge in [-0.25, -0.2) is 4.98 Å². The van der Waals surface area contributed by atoms with Gasteiger partial charge in [0.25, 0.3) is 0 Å². The van der Waals surface area contributed by atoms with Gasteiger partial charge in [-0.1, -0.05) is 0 Å². The van der Waals surface area contributed by atoms with E-state index in [2.05, 4.69) is 25.6 Å². The summed E-state index contributed by atoms with van der Waals surface area (Å²) >= 11 is 1.79. The van der Waals surface area contributed by atoms with E-state index in [1.807, 2.05) is 6.92 Å². The first-order valence-electron chi connectivity index (χ1n) is 7.47. The van der Waals surface area contributed by atoms with Crippen LogP contribution >= 0.6 is 11.8 Å². The molecule has 0 radical (unpaired) electrons. The molecule has 1 rings (SSSR count). The van der Waals surface area contributed by atoms with Gasteiger partial charge in [0, 0.05) is 30.8 Å². The number of nitrogens with two attached hydrogens (primary N) is 1. The van der Waals surface area contributed by atoms with Crippen molar-refractivity contribution in [3.8, 4) is 6.19 Å². The Kier molecular flexibility index (Phi) is 12.1. The third-order valence-corrected chi connectivity index (χ3v) is 3.79. The maximum atomic E-state index is 9.85. The second-order valence-electron chi connectivity index (χ2n) is 4.81. The molecule has 0 spiro atoms. The highest BCUT2D eigenvalue weighted by Gasteiger charge is 2.14. The molecule has 7 N–H and O–H groups in total. The minimum atomic E-state index is -1.29.